The quantitative estimate of drug-likeness (QED) is 0.144. The molecule has 2 aromatic heterocycles. The molecular weight excluding hydrogens is 865 g/mol. The van der Waals surface area contributed by atoms with Gasteiger partial charge in [-0.3, -0.25) is 4.57 Å². The predicted molar refractivity (Wildman–Crippen MR) is 302 cm³/mol. The lowest BCUT2D eigenvalue weighted by Crippen LogP contribution is -2.32. The van der Waals surface area contributed by atoms with E-state index in [4.69, 9.17) is 9.72 Å². The molecule has 1 aliphatic rings. The Balaban J connectivity index is 1.21. The van der Waals surface area contributed by atoms with Crippen LogP contribution < -0.4 is 14.5 Å². The lowest BCUT2D eigenvalue weighted by molar-refractivity contribution is 0.444. The summed E-state index contributed by atoms with van der Waals surface area (Å²) in [5, 5.41) is 2.38. The molecule has 0 fully saturated rings. The molecule has 5 heteroatoms. The fraction of sp³-hybridized carbons (Fsp3) is 0.348. The summed E-state index contributed by atoms with van der Waals surface area (Å²) in [5.74, 6) is 2.43. The number of fused-ring (bicyclic) bond motifs is 3. The number of rotatable bonds is 9. The van der Waals surface area contributed by atoms with Gasteiger partial charge < -0.3 is 14.5 Å². The lowest BCUT2D eigenvalue weighted by Gasteiger charge is -2.35. The maximum Gasteiger partial charge on any atom is 0.137 e. The minimum Gasteiger partial charge on any atom is -0.457 e. The topological polar surface area (TPSA) is 33.5 Å². The zero-order valence-electron chi connectivity index (χ0n) is 45.4. The molecule has 9 rings (SSSR count). The number of nitrogens with zero attached hydrogens (tertiary/aromatic N) is 4. The Morgan fingerprint density at radius 1 is 0.408 bits per heavy atom. The first-order valence-electron chi connectivity index (χ1n) is 25.6. The Bertz CT molecular complexity index is 3260. The van der Waals surface area contributed by atoms with Gasteiger partial charge in [0, 0.05) is 73.5 Å². The number of hydrogen-bond acceptors (Lipinski definition) is 4. The molecule has 366 valence electrons. The SMILES string of the molecule is CC(C)(C)C1=C(C(C)(C)C)N(c2cc(C(C)(C)C)cc(C(C)(C)C)c2)CN1c1cccc(Oc2cc(C(C)(C)c3ccccc3)c3c4ccccc4n(-c4cc(C(C)(C)c5ccccc5)ccn4)c3c2)c1. The van der Waals surface area contributed by atoms with Crippen LogP contribution in [-0.2, 0) is 21.7 Å². The summed E-state index contributed by atoms with van der Waals surface area (Å²) in [6.07, 6.45) is 1.96. The van der Waals surface area contributed by atoms with Gasteiger partial charge in [-0.15, -0.1) is 0 Å². The minimum atomic E-state index is -0.383. The molecule has 0 bridgehead atoms. The van der Waals surface area contributed by atoms with Crippen molar-refractivity contribution in [2.24, 2.45) is 10.8 Å². The highest BCUT2D eigenvalue weighted by Crippen LogP contribution is 2.50. The van der Waals surface area contributed by atoms with Crippen molar-refractivity contribution < 1.29 is 4.74 Å². The van der Waals surface area contributed by atoms with Gasteiger partial charge in [0.05, 0.1) is 17.7 Å². The summed E-state index contributed by atoms with van der Waals surface area (Å²) < 4.78 is 9.57. The van der Waals surface area contributed by atoms with Crippen molar-refractivity contribution in [1.29, 1.82) is 0 Å². The van der Waals surface area contributed by atoms with Gasteiger partial charge in [-0.2, -0.15) is 0 Å². The van der Waals surface area contributed by atoms with E-state index in [1.54, 1.807) is 0 Å². The van der Waals surface area contributed by atoms with E-state index in [0.29, 0.717) is 6.67 Å². The third kappa shape index (κ3) is 9.29. The van der Waals surface area contributed by atoms with Gasteiger partial charge in [-0.1, -0.05) is 202 Å². The van der Waals surface area contributed by atoms with E-state index in [1.807, 2.05) is 6.20 Å². The van der Waals surface area contributed by atoms with Crippen LogP contribution in [0.4, 0.5) is 11.4 Å². The highest BCUT2D eigenvalue weighted by Gasteiger charge is 2.42. The predicted octanol–water partition coefficient (Wildman–Crippen LogP) is 17.8. The lowest BCUT2D eigenvalue weighted by atomic mass is 9.76. The van der Waals surface area contributed by atoms with Crippen LogP contribution in [0, 0.1) is 10.8 Å². The molecule has 0 saturated heterocycles. The Morgan fingerprint density at radius 2 is 0.958 bits per heavy atom. The summed E-state index contributed by atoms with van der Waals surface area (Å²) >= 11 is 0. The number of para-hydroxylation sites is 1. The smallest absolute Gasteiger partial charge is 0.137 e. The fourth-order valence-electron chi connectivity index (χ4n) is 10.8. The van der Waals surface area contributed by atoms with E-state index in [-0.39, 0.29) is 32.5 Å². The standard InChI is InChI=1S/C66H76N4O/c1-61(2,3)47-36-48(62(4,5)6)38-50(37-47)69-43-68(59(63(7,8)9)60(69)64(10,11)12)49-30-25-31-51(40-49)71-52-41-54(66(15,16)45-28-21-18-22-29-45)58-53-32-23-24-33-55(53)70(56(58)42-52)57-39-46(34-35-67-57)65(13,14)44-26-19-17-20-27-44/h17-42H,43H2,1-16H3. The van der Waals surface area contributed by atoms with E-state index in [2.05, 4.69) is 277 Å². The molecule has 0 N–H and O–H groups in total. The molecule has 0 amide bonds. The molecule has 5 nitrogen and oxygen atoms in total. The molecule has 1 aliphatic heterocycles. The number of pyridine rings is 1. The largest absolute Gasteiger partial charge is 0.457 e. The van der Waals surface area contributed by atoms with Crippen LogP contribution in [0.5, 0.6) is 11.5 Å². The first-order valence-corrected chi connectivity index (χ1v) is 25.6. The average Bonchev–Trinajstić information content (AvgIpc) is 3.90. The van der Waals surface area contributed by atoms with E-state index in [1.165, 1.54) is 61.2 Å². The zero-order valence-corrected chi connectivity index (χ0v) is 45.4. The van der Waals surface area contributed by atoms with Gasteiger partial charge in [0.1, 0.15) is 17.3 Å². The Kier molecular flexibility index (Phi) is 12.3. The summed E-state index contributed by atoms with van der Waals surface area (Å²) in [7, 11) is 0. The zero-order chi connectivity index (χ0) is 51.1. The molecule has 6 aromatic carbocycles. The molecule has 0 saturated carbocycles. The van der Waals surface area contributed by atoms with Gasteiger partial charge in [-0.25, -0.2) is 4.98 Å². The maximum absolute atomic E-state index is 7.22. The highest BCUT2D eigenvalue weighted by molar-refractivity contribution is 6.11. The average molecular weight is 941 g/mol. The van der Waals surface area contributed by atoms with Crippen molar-refractivity contribution in [3.8, 4) is 17.3 Å². The van der Waals surface area contributed by atoms with Crippen molar-refractivity contribution in [2.45, 2.75) is 132 Å². The third-order valence-electron chi connectivity index (χ3n) is 14.9. The monoisotopic (exact) mass is 941 g/mol. The second kappa shape index (κ2) is 17.6. The first kappa shape index (κ1) is 49.4. The molecule has 0 atom stereocenters. The van der Waals surface area contributed by atoms with Crippen molar-refractivity contribution in [2.75, 3.05) is 16.5 Å². The van der Waals surface area contributed by atoms with Crippen LogP contribution in [0.25, 0.3) is 27.6 Å². The Labute approximate surface area is 425 Å². The third-order valence-corrected chi connectivity index (χ3v) is 14.9. The molecule has 3 heterocycles. The summed E-state index contributed by atoms with van der Waals surface area (Å²) in [5.41, 5.74) is 13.8. The van der Waals surface area contributed by atoms with Gasteiger partial charge in [0.2, 0.25) is 0 Å². The highest BCUT2D eigenvalue weighted by atomic mass is 16.5. The van der Waals surface area contributed by atoms with E-state index < -0.39 is 0 Å². The van der Waals surface area contributed by atoms with Crippen LogP contribution >= 0.6 is 0 Å². The van der Waals surface area contributed by atoms with Crippen LogP contribution in [0.3, 0.4) is 0 Å². The van der Waals surface area contributed by atoms with Crippen molar-refractivity contribution in [3.63, 3.8) is 0 Å². The number of benzene rings is 6. The van der Waals surface area contributed by atoms with Gasteiger partial charge in [-0.05, 0) is 92.7 Å². The molecule has 0 aliphatic carbocycles. The minimum absolute atomic E-state index is 0.00700. The van der Waals surface area contributed by atoms with Crippen LogP contribution in [0.2, 0.25) is 0 Å². The molecule has 0 spiro atoms. The second-order valence-corrected chi connectivity index (χ2v) is 25.2. The van der Waals surface area contributed by atoms with Gasteiger partial charge >= 0.3 is 0 Å². The summed E-state index contributed by atoms with van der Waals surface area (Å²) in [4.78, 5) is 10.3. The molecule has 0 unspecified atom stereocenters. The Morgan fingerprint density at radius 3 is 1.54 bits per heavy atom. The molecular formula is C66H76N4O. The summed E-state index contributed by atoms with van der Waals surface area (Å²) in [6, 6.07) is 55.4. The number of anilines is 2. The van der Waals surface area contributed by atoms with E-state index in [9.17, 15) is 0 Å². The number of hydrogen-bond donors (Lipinski definition) is 0. The van der Waals surface area contributed by atoms with Gasteiger partial charge in [0.25, 0.3) is 0 Å². The number of allylic oxidation sites excluding steroid dienone is 2. The number of ether oxygens (including phenoxy) is 1. The second-order valence-electron chi connectivity index (χ2n) is 25.2. The van der Waals surface area contributed by atoms with Crippen molar-refractivity contribution >= 4 is 33.2 Å². The first-order chi connectivity index (χ1) is 33.2. The Hall–Kier alpha value is -6.59. The van der Waals surface area contributed by atoms with Crippen LogP contribution in [0.15, 0.2) is 169 Å². The van der Waals surface area contributed by atoms with E-state index in [0.717, 1.165) is 34.0 Å². The fourth-order valence-corrected chi connectivity index (χ4v) is 10.8. The van der Waals surface area contributed by atoms with Crippen LogP contribution in [0.1, 0.15) is 144 Å². The number of aromatic nitrogens is 2. The maximum atomic E-state index is 7.22. The summed E-state index contributed by atoms with van der Waals surface area (Å²) in [6.45, 7) is 38.1. The van der Waals surface area contributed by atoms with Crippen molar-refractivity contribution in [3.05, 3.63) is 203 Å². The molecule has 71 heavy (non-hydrogen) atoms. The van der Waals surface area contributed by atoms with Gasteiger partial charge in [0.15, 0.2) is 0 Å². The van der Waals surface area contributed by atoms with Crippen LogP contribution in [-0.4, -0.2) is 16.2 Å². The van der Waals surface area contributed by atoms with Crippen molar-refractivity contribution in [1.82, 2.24) is 9.55 Å². The molecule has 8 aromatic rings. The molecule has 0 radical (unpaired) electrons. The van der Waals surface area contributed by atoms with E-state index >= 15 is 0 Å². The normalized spacial score (nSPS) is 14.3.